The number of sulfone groups is 1. The van der Waals surface area contributed by atoms with Crippen LogP contribution in [0.1, 0.15) is 38.9 Å². The van der Waals surface area contributed by atoms with Gasteiger partial charge in [0.05, 0.1) is 17.2 Å². The summed E-state index contributed by atoms with van der Waals surface area (Å²) < 4.78 is 38.5. The molecular formula is C36H46N4O5SSi. The molecule has 4 aromatic rings. The van der Waals surface area contributed by atoms with E-state index in [0.717, 1.165) is 30.6 Å². The van der Waals surface area contributed by atoms with E-state index in [1.807, 2.05) is 42.5 Å². The number of carbonyl (C=O) groups is 1. The SMILES string of the molecule is CC(C)(C)[Si](C)(C)OCC(Oc1ccc(-c2cn(C(=O)NCC3CCN(c4ccccc4)C3)cn2)cc1)c1ccc(S(C)(=O)=O)cc1. The highest BCUT2D eigenvalue weighted by atomic mass is 32.2. The molecule has 9 nitrogen and oxygen atoms in total. The predicted molar refractivity (Wildman–Crippen MR) is 189 cm³/mol. The first-order valence-corrected chi connectivity index (χ1v) is 20.8. The molecule has 1 aliphatic heterocycles. The van der Waals surface area contributed by atoms with Crippen molar-refractivity contribution in [3.63, 3.8) is 0 Å². The topological polar surface area (TPSA) is 103 Å². The summed E-state index contributed by atoms with van der Waals surface area (Å²) in [6.45, 7) is 13.8. The number of hydrogen-bond donors (Lipinski definition) is 1. The lowest BCUT2D eigenvalue weighted by molar-refractivity contribution is 0.121. The number of anilines is 1. The second kappa shape index (κ2) is 14.0. The Hall–Kier alpha value is -3.93. The molecule has 47 heavy (non-hydrogen) atoms. The number of aromatic nitrogens is 2. The number of hydrogen-bond acceptors (Lipinski definition) is 7. The number of carbonyl (C=O) groups excluding carboxylic acids is 1. The molecule has 0 spiro atoms. The maximum Gasteiger partial charge on any atom is 0.326 e. The lowest BCUT2D eigenvalue weighted by Gasteiger charge is -2.37. The molecule has 250 valence electrons. The van der Waals surface area contributed by atoms with Crippen molar-refractivity contribution >= 4 is 29.9 Å². The smallest absolute Gasteiger partial charge is 0.326 e. The number of ether oxygens (including phenoxy) is 1. The highest BCUT2D eigenvalue weighted by molar-refractivity contribution is 7.90. The number of imidazole rings is 1. The summed E-state index contributed by atoms with van der Waals surface area (Å²) >= 11 is 0. The third kappa shape index (κ3) is 8.71. The number of rotatable bonds is 11. The van der Waals surface area contributed by atoms with Crippen molar-refractivity contribution < 1.29 is 22.4 Å². The zero-order chi connectivity index (χ0) is 33.8. The highest BCUT2D eigenvalue weighted by Gasteiger charge is 2.38. The van der Waals surface area contributed by atoms with Gasteiger partial charge < -0.3 is 19.4 Å². The van der Waals surface area contributed by atoms with Gasteiger partial charge in [-0.1, -0.05) is 51.1 Å². The molecule has 2 heterocycles. The fourth-order valence-electron chi connectivity index (χ4n) is 5.28. The van der Waals surface area contributed by atoms with Crippen molar-refractivity contribution in [3.8, 4) is 17.0 Å². The molecule has 0 saturated carbocycles. The molecule has 1 amide bonds. The largest absolute Gasteiger partial charge is 0.483 e. The molecule has 1 fully saturated rings. The number of para-hydroxylation sites is 1. The van der Waals surface area contributed by atoms with Crippen molar-refractivity contribution in [2.24, 2.45) is 5.92 Å². The summed E-state index contributed by atoms with van der Waals surface area (Å²) in [5.74, 6) is 1.03. The van der Waals surface area contributed by atoms with Gasteiger partial charge >= 0.3 is 6.03 Å². The van der Waals surface area contributed by atoms with E-state index < -0.39 is 24.3 Å². The fourth-order valence-corrected chi connectivity index (χ4v) is 6.91. The molecule has 1 aliphatic rings. The van der Waals surface area contributed by atoms with E-state index in [-0.39, 0.29) is 16.0 Å². The van der Waals surface area contributed by atoms with Crippen LogP contribution in [0.2, 0.25) is 18.1 Å². The van der Waals surface area contributed by atoms with Gasteiger partial charge in [-0.3, -0.25) is 4.57 Å². The summed E-state index contributed by atoms with van der Waals surface area (Å²) in [7, 11) is -5.38. The summed E-state index contributed by atoms with van der Waals surface area (Å²) in [5.41, 5.74) is 3.58. The average Bonchev–Trinajstić information content (AvgIpc) is 3.73. The third-order valence-corrected chi connectivity index (χ3v) is 14.9. The maximum atomic E-state index is 12.9. The number of amides is 1. The highest BCUT2D eigenvalue weighted by Crippen LogP contribution is 2.38. The Bertz CT molecular complexity index is 1750. The van der Waals surface area contributed by atoms with Gasteiger partial charge in [-0.15, -0.1) is 0 Å². The molecule has 1 N–H and O–H groups in total. The van der Waals surface area contributed by atoms with Crippen LogP contribution in [0, 0.1) is 5.92 Å². The first-order valence-electron chi connectivity index (χ1n) is 16.0. The van der Waals surface area contributed by atoms with Crippen LogP contribution in [-0.2, 0) is 14.3 Å². The van der Waals surface area contributed by atoms with Crippen LogP contribution in [0.4, 0.5) is 10.5 Å². The second-order valence-corrected chi connectivity index (χ2v) is 20.7. The van der Waals surface area contributed by atoms with Gasteiger partial charge in [-0.25, -0.2) is 18.2 Å². The lowest BCUT2D eigenvalue weighted by Crippen LogP contribution is -2.42. The quantitative estimate of drug-likeness (QED) is 0.168. The Morgan fingerprint density at radius 1 is 1.02 bits per heavy atom. The summed E-state index contributed by atoms with van der Waals surface area (Å²) in [6, 6.07) is 24.5. The van der Waals surface area contributed by atoms with E-state index in [1.54, 1.807) is 30.5 Å². The molecular weight excluding hydrogens is 629 g/mol. The first-order chi connectivity index (χ1) is 22.2. The maximum absolute atomic E-state index is 12.9. The molecule has 1 aromatic heterocycles. The number of nitrogens with one attached hydrogen (secondary N) is 1. The van der Waals surface area contributed by atoms with Crippen LogP contribution in [0.3, 0.4) is 0 Å². The normalized spacial score (nSPS) is 16.2. The van der Waals surface area contributed by atoms with Crippen LogP contribution >= 0.6 is 0 Å². The Morgan fingerprint density at radius 2 is 1.70 bits per heavy atom. The van der Waals surface area contributed by atoms with Gasteiger partial charge in [0.25, 0.3) is 0 Å². The zero-order valence-corrected chi connectivity index (χ0v) is 30.0. The van der Waals surface area contributed by atoms with Crippen LogP contribution in [0.15, 0.2) is 96.3 Å². The van der Waals surface area contributed by atoms with Crippen molar-refractivity contribution in [2.75, 3.05) is 37.4 Å². The number of nitrogens with zero attached hydrogens (tertiary/aromatic N) is 3. The van der Waals surface area contributed by atoms with Gasteiger partial charge in [0.2, 0.25) is 0 Å². The Morgan fingerprint density at radius 3 is 2.34 bits per heavy atom. The van der Waals surface area contributed by atoms with Crippen molar-refractivity contribution in [1.82, 2.24) is 14.9 Å². The van der Waals surface area contributed by atoms with Gasteiger partial charge in [0, 0.05) is 43.3 Å². The minimum Gasteiger partial charge on any atom is -0.483 e. The molecule has 2 atom stereocenters. The number of benzene rings is 3. The van der Waals surface area contributed by atoms with Crippen LogP contribution in [0.25, 0.3) is 11.3 Å². The monoisotopic (exact) mass is 674 g/mol. The minimum absolute atomic E-state index is 0.0275. The van der Waals surface area contributed by atoms with Gasteiger partial charge in [0.1, 0.15) is 18.2 Å². The van der Waals surface area contributed by atoms with E-state index in [0.29, 0.717) is 30.5 Å². The molecule has 1 saturated heterocycles. The Kier molecular flexibility index (Phi) is 10.3. The summed E-state index contributed by atoms with van der Waals surface area (Å²) in [6.07, 6.45) is 5.06. The average molecular weight is 675 g/mol. The summed E-state index contributed by atoms with van der Waals surface area (Å²) in [5, 5.41) is 3.09. The molecule has 11 heteroatoms. The van der Waals surface area contributed by atoms with E-state index in [2.05, 4.69) is 61.2 Å². The van der Waals surface area contributed by atoms with Crippen LogP contribution in [-0.4, -0.2) is 64.8 Å². The Balaban J connectivity index is 1.21. The molecule has 2 unspecified atom stereocenters. The predicted octanol–water partition coefficient (Wildman–Crippen LogP) is 7.18. The minimum atomic E-state index is -3.31. The van der Waals surface area contributed by atoms with E-state index >= 15 is 0 Å². The standard InChI is InChI=1S/C36H46N4O5SSi/c1-36(2,3)47(5,6)44-25-34(29-14-18-32(19-15-29)46(4,42)43)45-31-16-12-28(13-17-31)33-24-40(26-38-33)35(41)37-22-27-20-21-39(23-27)30-10-8-7-9-11-30/h7-19,24,26-27,34H,20-23,25H2,1-6H3,(H,37,41). The zero-order valence-electron chi connectivity index (χ0n) is 28.1. The van der Waals surface area contributed by atoms with E-state index in [1.165, 1.54) is 22.8 Å². The molecule has 5 rings (SSSR count). The first kappa shape index (κ1) is 34.4. The van der Waals surface area contributed by atoms with Crippen molar-refractivity contribution in [1.29, 1.82) is 0 Å². The molecule has 3 aromatic carbocycles. The van der Waals surface area contributed by atoms with Gasteiger partial charge in [-0.2, -0.15) is 0 Å². The molecule has 0 bridgehead atoms. The van der Waals surface area contributed by atoms with Gasteiger partial charge in [-0.05, 0) is 84.6 Å². The van der Waals surface area contributed by atoms with E-state index in [9.17, 15) is 13.2 Å². The van der Waals surface area contributed by atoms with Crippen LogP contribution < -0.4 is 15.0 Å². The van der Waals surface area contributed by atoms with E-state index in [4.69, 9.17) is 9.16 Å². The summed E-state index contributed by atoms with van der Waals surface area (Å²) in [4.78, 5) is 20.0. The Labute approximate surface area is 280 Å². The second-order valence-electron chi connectivity index (χ2n) is 13.8. The van der Waals surface area contributed by atoms with Crippen molar-refractivity contribution in [3.05, 3.63) is 97.0 Å². The molecule has 0 aliphatic carbocycles. The van der Waals surface area contributed by atoms with Crippen LogP contribution in [0.5, 0.6) is 5.75 Å². The molecule has 0 radical (unpaired) electrons. The fraction of sp³-hybridized carbons (Fsp3) is 0.389. The third-order valence-electron chi connectivity index (χ3n) is 9.28. The lowest BCUT2D eigenvalue weighted by atomic mass is 10.1. The van der Waals surface area contributed by atoms with Crippen molar-refractivity contribution in [2.45, 2.75) is 56.3 Å². The van der Waals surface area contributed by atoms with Gasteiger partial charge in [0.15, 0.2) is 18.2 Å².